The molecule has 2 aliphatic heterocycles. The molecule has 1 N–H and O–H groups in total. The van der Waals surface area contributed by atoms with E-state index in [1.165, 1.54) is 12.8 Å². The highest BCUT2D eigenvalue weighted by Gasteiger charge is 2.32. The first-order valence-corrected chi connectivity index (χ1v) is 14.7. The van der Waals surface area contributed by atoms with Crippen LogP contribution in [0.15, 0.2) is 54.6 Å². The van der Waals surface area contributed by atoms with E-state index in [2.05, 4.69) is 55.4 Å². The summed E-state index contributed by atoms with van der Waals surface area (Å²) in [6.45, 7) is 7.76. The van der Waals surface area contributed by atoms with Gasteiger partial charge in [-0.25, -0.2) is 4.79 Å². The molecule has 2 aromatic rings. The smallest absolute Gasteiger partial charge is 0.318 e. The van der Waals surface area contributed by atoms with Gasteiger partial charge in [-0.1, -0.05) is 57.0 Å². The molecule has 3 amide bonds. The van der Waals surface area contributed by atoms with Crippen molar-refractivity contribution in [2.45, 2.75) is 77.5 Å². The van der Waals surface area contributed by atoms with Crippen molar-refractivity contribution in [2.24, 2.45) is 5.92 Å². The second-order valence-electron chi connectivity index (χ2n) is 11.5. The first kappa shape index (κ1) is 28.8. The fourth-order valence-corrected chi connectivity index (χ4v) is 5.63. The Morgan fingerprint density at radius 3 is 2.15 bits per heavy atom. The molecule has 2 aliphatic rings. The third-order valence-electron chi connectivity index (χ3n) is 8.01. The lowest BCUT2D eigenvalue weighted by molar-refractivity contribution is -0.134. The van der Waals surface area contributed by atoms with Gasteiger partial charge in [0, 0.05) is 45.0 Å². The number of hydrogen-bond donors (Lipinski definition) is 1. The van der Waals surface area contributed by atoms with Gasteiger partial charge in [0.2, 0.25) is 5.91 Å². The van der Waals surface area contributed by atoms with Gasteiger partial charge in [0.25, 0.3) is 0 Å². The van der Waals surface area contributed by atoms with E-state index >= 15 is 0 Å². The second kappa shape index (κ2) is 14.2. The van der Waals surface area contributed by atoms with Gasteiger partial charge in [-0.3, -0.25) is 4.79 Å². The van der Waals surface area contributed by atoms with Crippen LogP contribution >= 0.6 is 0 Å². The molecule has 39 heavy (non-hydrogen) atoms. The van der Waals surface area contributed by atoms with Crippen LogP contribution in [0, 0.1) is 5.92 Å². The van der Waals surface area contributed by atoms with Gasteiger partial charge in [-0.15, -0.1) is 0 Å². The van der Waals surface area contributed by atoms with E-state index in [1.807, 2.05) is 40.1 Å². The number of urea groups is 1. The molecular formula is C32H46N4O3. The van der Waals surface area contributed by atoms with E-state index in [9.17, 15) is 9.59 Å². The Hall–Kier alpha value is -3.22. The van der Waals surface area contributed by atoms with Crippen LogP contribution < -0.4 is 15.0 Å². The number of piperidine rings is 1. The van der Waals surface area contributed by atoms with E-state index < -0.39 is 6.04 Å². The molecule has 212 valence electrons. The zero-order chi connectivity index (χ0) is 27.6. The Labute approximate surface area is 234 Å². The normalized spacial score (nSPS) is 17.4. The Kier molecular flexibility index (Phi) is 10.5. The lowest BCUT2D eigenvalue weighted by atomic mass is 9.99. The van der Waals surface area contributed by atoms with Crippen molar-refractivity contribution in [3.8, 4) is 5.75 Å². The lowest BCUT2D eigenvalue weighted by Gasteiger charge is -2.39. The number of nitrogens with one attached hydrogen (secondary N) is 1. The van der Waals surface area contributed by atoms with Crippen molar-refractivity contribution < 1.29 is 14.3 Å². The number of ether oxygens (including phenoxy) is 1. The molecule has 7 heteroatoms. The van der Waals surface area contributed by atoms with Crippen molar-refractivity contribution in [2.75, 3.05) is 38.1 Å². The fourth-order valence-electron chi connectivity index (χ4n) is 5.63. The zero-order valence-corrected chi connectivity index (χ0v) is 24.0. The summed E-state index contributed by atoms with van der Waals surface area (Å²) in [7, 11) is 2.13. The molecule has 2 heterocycles. The highest BCUT2D eigenvalue weighted by Crippen LogP contribution is 2.25. The Morgan fingerprint density at radius 1 is 0.897 bits per heavy atom. The molecule has 0 aromatic heterocycles. The van der Waals surface area contributed by atoms with E-state index in [0.717, 1.165) is 55.8 Å². The maximum atomic E-state index is 13.5. The monoisotopic (exact) mass is 534 g/mol. The standard InChI is InChI=1S/C32H46N4O3/c1-25(2)23-30(33-32(38)36-19-9-4-5-10-20-36)31(37)35-21-17-28(18-22-35)34(3)27-13-15-29(16-14-27)39-24-26-11-7-6-8-12-26/h6-8,11-16,25,28,30H,4-5,9-10,17-24H2,1-3H3,(H,33,38). The minimum absolute atomic E-state index is 0.0629. The van der Waals surface area contributed by atoms with Crippen molar-refractivity contribution in [3.05, 3.63) is 60.2 Å². The molecule has 2 fully saturated rings. The topological polar surface area (TPSA) is 65.1 Å². The summed E-state index contributed by atoms with van der Waals surface area (Å²) in [5, 5.41) is 3.10. The number of carbonyl (C=O) groups excluding carboxylic acids is 2. The Balaban J connectivity index is 1.28. The molecule has 0 spiro atoms. The van der Waals surface area contributed by atoms with Crippen LogP contribution in [0.5, 0.6) is 5.75 Å². The summed E-state index contributed by atoms with van der Waals surface area (Å²) in [6.07, 6.45) is 6.91. The largest absolute Gasteiger partial charge is 0.489 e. The summed E-state index contributed by atoms with van der Waals surface area (Å²) in [5.74, 6) is 1.24. The Bertz CT molecular complexity index is 1030. The molecule has 7 nitrogen and oxygen atoms in total. The van der Waals surface area contributed by atoms with Gasteiger partial charge in [0.05, 0.1) is 0 Å². The number of anilines is 1. The van der Waals surface area contributed by atoms with E-state index in [1.54, 1.807) is 0 Å². The molecule has 1 atom stereocenters. The summed E-state index contributed by atoms with van der Waals surface area (Å²) in [4.78, 5) is 32.7. The van der Waals surface area contributed by atoms with E-state index in [0.29, 0.717) is 38.1 Å². The first-order chi connectivity index (χ1) is 18.9. The minimum atomic E-state index is -0.460. The van der Waals surface area contributed by atoms with Crippen LogP contribution in [0.25, 0.3) is 0 Å². The summed E-state index contributed by atoms with van der Waals surface area (Å²) >= 11 is 0. The van der Waals surface area contributed by atoms with Gasteiger partial charge >= 0.3 is 6.03 Å². The molecule has 2 aromatic carbocycles. The number of amides is 3. The summed E-state index contributed by atoms with van der Waals surface area (Å²) < 4.78 is 5.94. The second-order valence-corrected chi connectivity index (χ2v) is 11.5. The van der Waals surface area contributed by atoms with E-state index in [4.69, 9.17) is 4.74 Å². The van der Waals surface area contributed by atoms with Gasteiger partial charge in [-0.05, 0) is 67.9 Å². The highest BCUT2D eigenvalue weighted by molar-refractivity contribution is 5.87. The maximum Gasteiger partial charge on any atom is 0.318 e. The zero-order valence-electron chi connectivity index (χ0n) is 24.0. The number of rotatable bonds is 9. The quantitative estimate of drug-likeness (QED) is 0.449. The van der Waals surface area contributed by atoms with Crippen LogP contribution in [0.1, 0.15) is 64.4 Å². The Morgan fingerprint density at radius 2 is 1.54 bits per heavy atom. The van der Waals surface area contributed by atoms with Gasteiger partial charge < -0.3 is 24.8 Å². The maximum absolute atomic E-state index is 13.5. The number of hydrogen-bond acceptors (Lipinski definition) is 4. The predicted octanol–water partition coefficient (Wildman–Crippen LogP) is 5.69. The van der Waals surface area contributed by atoms with Crippen molar-refractivity contribution in [1.82, 2.24) is 15.1 Å². The van der Waals surface area contributed by atoms with Crippen molar-refractivity contribution in [1.29, 1.82) is 0 Å². The number of carbonyl (C=O) groups is 2. The van der Waals surface area contributed by atoms with Gasteiger partial charge in [0.1, 0.15) is 18.4 Å². The third-order valence-corrected chi connectivity index (χ3v) is 8.01. The molecule has 4 rings (SSSR count). The summed E-state index contributed by atoms with van der Waals surface area (Å²) in [5.41, 5.74) is 2.30. The molecule has 0 radical (unpaired) electrons. The van der Waals surface area contributed by atoms with Gasteiger partial charge in [-0.2, -0.15) is 0 Å². The first-order valence-electron chi connectivity index (χ1n) is 14.7. The van der Waals surface area contributed by atoms with Crippen LogP contribution in [0.3, 0.4) is 0 Å². The fraction of sp³-hybridized carbons (Fsp3) is 0.562. The van der Waals surface area contributed by atoms with Gasteiger partial charge in [0.15, 0.2) is 0 Å². The van der Waals surface area contributed by atoms with E-state index in [-0.39, 0.29) is 11.9 Å². The van der Waals surface area contributed by atoms with Crippen LogP contribution in [0.2, 0.25) is 0 Å². The average Bonchev–Trinajstić information content (AvgIpc) is 3.26. The van der Waals surface area contributed by atoms with Crippen LogP contribution in [-0.4, -0.2) is 67.0 Å². The molecule has 2 saturated heterocycles. The highest BCUT2D eigenvalue weighted by atomic mass is 16.5. The predicted molar refractivity (Wildman–Crippen MR) is 157 cm³/mol. The van der Waals surface area contributed by atoms with Crippen LogP contribution in [0.4, 0.5) is 10.5 Å². The molecule has 0 aliphatic carbocycles. The number of nitrogens with zero attached hydrogens (tertiary/aromatic N) is 3. The molecule has 0 saturated carbocycles. The third kappa shape index (κ3) is 8.38. The number of likely N-dealkylation sites (tertiary alicyclic amines) is 2. The average molecular weight is 535 g/mol. The van der Waals surface area contributed by atoms with Crippen molar-refractivity contribution >= 4 is 17.6 Å². The van der Waals surface area contributed by atoms with Crippen LogP contribution in [-0.2, 0) is 11.4 Å². The minimum Gasteiger partial charge on any atom is -0.489 e. The molecule has 0 bridgehead atoms. The number of benzene rings is 2. The molecule has 1 unspecified atom stereocenters. The SMILES string of the molecule is CC(C)CC(NC(=O)N1CCCCCC1)C(=O)N1CCC(N(C)c2ccc(OCc3ccccc3)cc2)CC1. The lowest BCUT2D eigenvalue weighted by Crippen LogP contribution is -2.55. The van der Waals surface area contributed by atoms with Crippen molar-refractivity contribution in [3.63, 3.8) is 0 Å². The molecular weight excluding hydrogens is 488 g/mol. The summed E-state index contributed by atoms with van der Waals surface area (Å²) in [6, 6.07) is 18.3.